The zero-order chi connectivity index (χ0) is 15.1. The maximum atomic E-state index is 11.1. The Morgan fingerprint density at radius 1 is 1.29 bits per heavy atom. The van der Waals surface area contributed by atoms with Crippen molar-refractivity contribution in [3.05, 3.63) is 47.9 Å². The van der Waals surface area contributed by atoms with Gasteiger partial charge in [-0.2, -0.15) is 4.98 Å². The maximum absolute atomic E-state index is 11.1. The standard InChI is InChI=1S/C15H18N2O4/c1-3-19-15(18)21-11-13-10-20-14(16-13)17(2)9-12-7-5-4-6-8-12/h4-8,10H,3,9,11H2,1-2H3. The minimum Gasteiger partial charge on any atom is -0.435 e. The van der Waals surface area contributed by atoms with Crippen LogP contribution in [0.2, 0.25) is 0 Å². The second kappa shape index (κ2) is 7.33. The minimum absolute atomic E-state index is 0.0293. The van der Waals surface area contributed by atoms with Crippen LogP contribution in [-0.4, -0.2) is 24.8 Å². The van der Waals surface area contributed by atoms with Gasteiger partial charge in [0, 0.05) is 13.6 Å². The van der Waals surface area contributed by atoms with Crippen molar-refractivity contribution in [2.24, 2.45) is 0 Å². The second-order valence-electron chi connectivity index (χ2n) is 4.43. The highest BCUT2D eigenvalue weighted by Gasteiger charge is 2.11. The van der Waals surface area contributed by atoms with Gasteiger partial charge in [0.25, 0.3) is 6.01 Å². The molecular formula is C15H18N2O4. The number of benzene rings is 1. The summed E-state index contributed by atoms with van der Waals surface area (Å²) < 4.78 is 14.9. The van der Waals surface area contributed by atoms with Gasteiger partial charge < -0.3 is 18.8 Å². The van der Waals surface area contributed by atoms with Crippen molar-refractivity contribution in [3.8, 4) is 0 Å². The summed E-state index contributed by atoms with van der Waals surface area (Å²) in [5, 5.41) is 0. The number of hydrogen-bond acceptors (Lipinski definition) is 6. The third-order valence-electron chi connectivity index (χ3n) is 2.73. The van der Waals surface area contributed by atoms with Crippen molar-refractivity contribution in [1.29, 1.82) is 0 Å². The molecule has 0 spiro atoms. The summed E-state index contributed by atoms with van der Waals surface area (Å²) in [7, 11) is 1.88. The van der Waals surface area contributed by atoms with Gasteiger partial charge in [0.2, 0.25) is 0 Å². The van der Waals surface area contributed by atoms with Gasteiger partial charge in [0.1, 0.15) is 18.6 Å². The third-order valence-corrected chi connectivity index (χ3v) is 2.73. The summed E-state index contributed by atoms with van der Waals surface area (Å²) in [5.41, 5.74) is 1.69. The molecule has 2 rings (SSSR count). The predicted molar refractivity (Wildman–Crippen MR) is 76.9 cm³/mol. The number of carbonyl (C=O) groups is 1. The van der Waals surface area contributed by atoms with E-state index in [9.17, 15) is 4.79 Å². The molecule has 6 heteroatoms. The van der Waals surface area contributed by atoms with E-state index in [-0.39, 0.29) is 13.2 Å². The van der Waals surface area contributed by atoms with Gasteiger partial charge in [-0.1, -0.05) is 30.3 Å². The lowest BCUT2D eigenvalue weighted by atomic mass is 10.2. The maximum Gasteiger partial charge on any atom is 0.508 e. The first-order valence-corrected chi connectivity index (χ1v) is 6.68. The van der Waals surface area contributed by atoms with Crippen LogP contribution >= 0.6 is 0 Å². The summed E-state index contributed by atoms with van der Waals surface area (Å²) in [6.07, 6.45) is 0.760. The molecule has 0 amide bonds. The molecule has 21 heavy (non-hydrogen) atoms. The fourth-order valence-corrected chi connectivity index (χ4v) is 1.76. The third kappa shape index (κ3) is 4.52. The van der Waals surface area contributed by atoms with Crippen molar-refractivity contribution in [2.45, 2.75) is 20.1 Å². The lowest BCUT2D eigenvalue weighted by Crippen LogP contribution is -2.16. The molecule has 1 aromatic carbocycles. The molecular weight excluding hydrogens is 272 g/mol. The number of carbonyl (C=O) groups excluding carboxylic acids is 1. The van der Waals surface area contributed by atoms with Crippen LogP contribution in [0.3, 0.4) is 0 Å². The topological polar surface area (TPSA) is 64.8 Å². The Labute approximate surface area is 123 Å². The van der Waals surface area contributed by atoms with E-state index < -0.39 is 6.16 Å². The lowest BCUT2D eigenvalue weighted by molar-refractivity contribution is 0.0527. The highest BCUT2D eigenvalue weighted by Crippen LogP contribution is 2.15. The Morgan fingerprint density at radius 3 is 2.76 bits per heavy atom. The molecule has 1 heterocycles. The summed E-state index contributed by atoms with van der Waals surface area (Å²) in [4.78, 5) is 17.2. The normalized spacial score (nSPS) is 10.2. The number of ether oxygens (including phenoxy) is 2. The van der Waals surface area contributed by atoms with Crippen molar-refractivity contribution in [3.63, 3.8) is 0 Å². The average molecular weight is 290 g/mol. The number of hydrogen-bond donors (Lipinski definition) is 0. The van der Waals surface area contributed by atoms with Crippen molar-refractivity contribution < 1.29 is 18.7 Å². The van der Waals surface area contributed by atoms with Crippen LogP contribution in [0.4, 0.5) is 10.8 Å². The van der Waals surface area contributed by atoms with E-state index in [1.54, 1.807) is 6.92 Å². The Kier molecular flexibility index (Phi) is 5.20. The van der Waals surface area contributed by atoms with Crippen LogP contribution in [-0.2, 0) is 22.6 Å². The van der Waals surface area contributed by atoms with Gasteiger partial charge in [-0.3, -0.25) is 0 Å². The molecule has 0 aliphatic carbocycles. The largest absolute Gasteiger partial charge is 0.508 e. The van der Waals surface area contributed by atoms with E-state index in [0.717, 1.165) is 5.56 Å². The van der Waals surface area contributed by atoms with Gasteiger partial charge in [0.05, 0.1) is 6.61 Å². The van der Waals surface area contributed by atoms with Gasteiger partial charge in [-0.25, -0.2) is 4.79 Å². The van der Waals surface area contributed by atoms with Crippen molar-refractivity contribution in [2.75, 3.05) is 18.6 Å². The van der Waals surface area contributed by atoms with Gasteiger partial charge in [-0.15, -0.1) is 0 Å². The van der Waals surface area contributed by atoms with E-state index in [1.165, 1.54) is 6.26 Å². The number of oxazole rings is 1. The van der Waals surface area contributed by atoms with Gasteiger partial charge in [0.15, 0.2) is 0 Å². The molecule has 0 aliphatic rings. The smallest absolute Gasteiger partial charge is 0.435 e. The molecule has 0 aliphatic heterocycles. The van der Waals surface area contributed by atoms with E-state index in [1.807, 2.05) is 42.3 Å². The van der Waals surface area contributed by atoms with Crippen LogP contribution < -0.4 is 4.90 Å². The van der Waals surface area contributed by atoms with Crippen LogP contribution in [0, 0.1) is 0 Å². The minimum atomic E-state index is -0.709. The molecule has 112 valence electrons. The Morgan fingerprint density at radius 2 is 2.05 bits per heavy atom. The Hall–Kier alpha value is -2.50. The highest BCUT2D eigenvalue weighted by atomic mass is 16.7. The summed E-state index contributed by atoms with van der Waals surface area (Å²) in [5.74, 6) is 0. The first-order valence-electron chi connectivity index (χ1n) is 6.68. The molecule has 0 N–H and O–H groups in total. The van der Waals surface area contributed by atoms with Crippen LogP contribution in [0.1, 0.15) is 18.2 Å². The highest BCUT2D eigenvalue weighted by molar-refractivity contribution is 5.59. The first-order chi connectivity index (χ1) is 10.2. The molecule has 0 saturated heterocycles. The summed E-state index contributed by atoms with van der Waals surface area (Å²) >= 11 is 0. The quantitative estimate of drug-likeness (QED) is 0.762. The molecule has 0 saturated carbocycles. The molecule has 2 aromatic rings. The number of nitrogens with zero attached hydrogens (tertiary/aromatic N) is 2. The number of anilines is 1. The molecule has 0 fully saturated rings. The molecule has 0 atom stereocenters. The fourth-order valence-electron chi connectivity index (χ4n) is 1.76. The Bertz CT molecular complexity index is 568. The Balaban J connectivity index is 1.88. The van der Waals surface area contributed by atoms with E-state index >= 15 is 0 Å². The lowest BCUT2D eigenvalue weighted by Gasteiger charge is -2.14. The number of rotatable bonds is 6. The van der Waals surface area contributed by atoms with Crippen molar-refractivity contribution in [1.82, 2.24) is 4.98 Å². The van der Waals surface area contributed by atoms with Gasteiger partial charge in [-0.05, 0) is 12.5 Å². The number of aromatic nitrogens is 1. The van der Waals surface area contributed by atoms with E-state index in [0.29, 0.717) is 18.3 Å². The molecule has 6 nitrogen and oxygen atoms in total. The van der Waals surface area contributed by atoms with E-state index in [2.05, 4.69) is 9.72 Å². The average Bonchev–Trinajstić information content (AvgIpc) is 2.95. The molecule has 1 aromatic heterocycles. The van der Waals surface area contributed by atoms with Crippen LogP contribution in [0.15, 0.2) is 41.0 Å². The zero-order valence-corrected chi connectivity index (χ0v) is 12.1. The van der Waals surface area contributed by atoms with E-state index in [4.69, 9.17) is 9.15 Å². The van der Waals surface area contributed by atoms with Crippen LogP contribution in [0.25, 0.3) is 0 Å². The predicted octanol–water partition coefficient (Wildman–Crippen LogP) is 2.98. The van der Waals surface area contributed by atoms with Gasteiger partial charge >= 0.3 is 6.16 Å². The molecule has 0 radical (unpaired) electrons. The second-order valence-corrected chi connectivity index (χ2v) is 4.43. The first kappa shape index (κ1) is 14.9. The summed E-state index contributed by atoms with van der Waals surface area (Å²) in [6.45, 7) is 2.71. The SMILES string of the molecule is CCOC(=O)OCc1coc(N(C)Cc2ccccc2)n1. The van der Waals surface area contributed by atoms with Crippen LogP contribution in [0.5, 0.6) is 0 Å². The zero-order valence-electron chi connectivity index (χ0n) is 12.1. The van der Waals surface area contributed by atoms with Crippen molar-refractivity contribution >= 4 is 12.2 Å². The molecule has 0 unspecified atom stereocenters. The molecule has 0 bridgehead atoms. The fraction of sp³-hybridized carbons (Fsp3) is 0.333. The summed E-state index contributed by atoms with van der Waals surface area (Å²) in [6, 6.07) is 10.5. The monoisotopic (exact) mass is 290 g/mol.